The molecule has 6 heteroatoms. The van der Waals surface area contributed by atoms with Crippen molar-refractivity contribution in [3.05, 3.63) is 18.2 Å². The predicted octanol–water partition coefficient (Wildman–Crippen LogP) is 2.15. The molecule has 2 unspecified atom stereocenters. The summed E-state index contributed by atoms with van der Waals surface area (Å²) in [7, 11) is -3.75. The molecule has 1 aromatic rings. The second kappa shape index (κ2) is 6.01. The van der Waals surface area contributed by atoms with Crippen LogP contribution in [0.4, 0.5) is 11.4 Å². The normalized spacial score (nSPS) is 23.5. The Morgan fingerprint density at radius 1 is 1.35 bits per heavy atom. The summed E-state index contributed by atoms with van der Waals surface area (Å²) in [5.74, 6) is 1.48. The quantitative estimate of drug-likeness (QED) is 0.742. The first-order valence-electron chi connectivity index (χ1n) is 7.02. The number of hydrogen-bond acceptors (Lipinski definition) is 4. The Kier molecular flexibility index (Phi) is 4.55. The summed E-state index contributed by atoms with van der Waals surface area (Å²) in [5.41, 5.74) is 6.77. The van der Waals surface area contributed by atoms with Crippen LogP contribution in [0.5, 0.6) is 0 Å². The highest BCUT2D eigenvalue weighted by molar-refractivity contribution is 7.89. The zero-order chi connectivity index (χ0) is 14.8. The first-order chi connectivity index (χ1) is 9.36. The Balaban J connectivity index is 1.99. The maximum Gasteiger partial charge on any atom is 0.240 e. The maximum absolute atomic E-state index is 11.3. The van der Waals surface area contributed by atoms with Gasteiger partial charge in [-0.2, -0.15) is 0 Å². The largest absolute Gasteiger partial charge is 0.398 e. The van der Waals surface area contributed by atoms with Crippen molar-refractivity contribution in [3.63, 3.8) is 0 Å². The average Bonchev–Trinajstić information content (AvgIpc) is 2.35. The zero-order valence-electron chi connectivity index (χ0n) is 11.8. The lowest BCUT2D eigenvalue weighted by molar-refractivity contribution is 0.293. The number of nitrogens with one attached hydrogen (secondary N) is 1. The van der Waals surface area contributed by atoms with Crippen molar-refractivity contribution in [1.82, 2.24) is 0 Å². The number of sulfonamides is 1. The second-order valence-corrected chi connectivity index (χ2v) is 7.35. The van der Waals surface area contributed by atoms with E-state index in [1.54, 1.807) is 12.1 Å². The number of nitrogens with two attached hydrogens (primary N) is 2. The molecule has 1 fully saturated rings. The van der Waals surface area contributed by atoms with E-state index in [2.05, 4.69) is 12.2 Å². The number of rotatable bonds is 4. The van der Waals surface area contributed by atoms with Gasteiger partial charge in [-0.3, -0.25) is 0 Å². The van der Waals surface area contributed by atoms with E-state index in [0.717, 1.165) is 18.2 Å². The van der Waals surface area contributed by atoms with Crippen molar-refractivity contribution in [3.8, 4) is 0 Å². The molecule has 1 aliphatic rings. The molecule has 0 saturated heterocycles. The van der Waals surface area contributed by atoms with Gasteiger partial charge in [-0.1, -0.05) is 19.8 Å². The second-order valence-electron chi connectivity index (χ2n) is 5.82. The highest BCUT2D eigenvalue weighted by Gasteiger charge is 2.18. The number of hydrogen-bond donors (Lipinski definition) is 3. The molecule has 5 nitrogen and oxygen atoms in total. The monoisotopic (exact) mass is 297 g/mol. The third-order valence-corrected chi connectivity index (χ3v) is 4.94. The number of benzene rings is 1. The molecule has 2 rings (SSSR count). The van der Waals surface area contributed by atoms with Gasteiger partial charge < -0.3 is 11.1 Å². The standard InChI is InChI=1S/C14H23N3O2S/c1-10-3-2-4-11(7-10)9-17-12-5-6-14(13(15)8-12)20(16,18)19/h5-6,8,10-11,17H,2-4,7,9,15H2,1H3,(H2,16,18,19). The van der Waals surface area contributed by atoms with Crippen LogP contribution in [0.15, 0.2) is 23.1 Å². The third-order valence-electron chi connectivity index (χ3n) is 3.96. The molecule has 0 bridgehead atoms. The summed E-state index contributed by atoms with van der Waals surface area (Å²) in [6.45, 7) is 3.20. The molecule has 1 aliphatic carbocycles. The number of nitrogen functional groups attached to an aromatic ring is 1. The van der Waals surface area contributed by atoms with Gasteiger partial charge in [0.25, 0.3) is 0 Å². The first kappa shape index (κ1) is 15.1. The molecule has 0 aromatic heterocycles. The zero-order valence-corrected chi connectivity index (χ0v) is 12.6. The van der Waals surface area contributed by atoms with E-state index in [9.17, 15) is 8.42 Å². The molecular weight excluding hydrogens is 274 g/mol. The van der Waals surface area contributed by atoms with Crippen molar-refractivity contribution in [2.45, 2.75) is 37.5 Å². The van der Waals surface area contributed by atoms with Crippen molar-refractivity contribution >= 4 is 21.4 Å². The van der Waals surface area contributed by atoms with E-state index in [1.165, 1.54) is 31.7 Å². The van der Waals surface area contributed by atoms with Crippen molar-refractivity contribution < 1.29 is 8.42 Å². The molecule has 1 saturated carbocycles. The summed E-state index contributed by atoms with van der Waals surface area (Å²) >= 11 is 0. The summed E-state index contributed by atoms with van der Waals surface area (Å²) in [5, 5.41) is 8.42. The molecule has 1 aromatic carbocycles. The predicted molar refractivity (Wildman–Crippen MR) is 81.8 cm³/mol. The van der Waals surface area contributed by atoms with Gasteiger partial charge in [0, 0.05) is 12.2 Å². The van der Waals surface area contributed by atoms with Gasteiger partial charge in [0.05, 0.1) is 5.69 Å². The van der Waals surface area contributed by atoms with Crippen molar-refractivity contribution in [1.29, 1.82) is 0 Å². The lowest BCUT2D eigenvalue weighted by atomic mass is 9.82. The Morgan fingerprint density at radius 2 is 2.10 bits per heavy atom. The van der Waals surface area contributed by atoms with E-state index < -0.39 is 10.0 Å². The van der Waals surface area contributed by atoms with Crippen LogP contribution < -0.4 is 16.2 Å². The number of anilines is 2. The van der Waals surface area contributed by atoms with E-state index >= 15 is 0 Å². The van der Waals surface area contributed by atoms with Crippen LogP contribution in [0.2, 0.25) is 0 Å². The summed E-state index contributed by atoms with van der Waals surface area (Å²) in [4.78, 5) is -0.0191. The lowest BCUT2D eigenvalue weighted by Crippen LogP contribution is -2.21. The van der Waals surface area contributed by atoms with Crippen molar-refractivity contribution in [2.24, 2.45) is 17.0 Å². The van der Waals surface area contributed by atoms with Crippen LogP contribution in [0.25, 0.3) is 0 Å². The van der Waals surface area contributed by atoms with E-state index in [-0.39, 0.29) is 10.6 Å². The van der Waals surface area contributed by atoms with E-state index in [1.807, 2.05) is 0 Å². The van der Waals surface area contributed by atoms with Gasteiger partial charge in [0.15, 0.2) is 0 Å². The first-order valence-corrected chi connectivity index (χ1v) is 8.57. The van der Waals surface area contributed by atoms with E-state index in [4.69, 9.17) is 10.9 Å². The van der Waals surface area contributed by atoms with Gasteiger partial charge in [0.1, 0.15) is 4.90 Å². The average molecular weight is 297 g/mol. The highest BCUT2D eigenvalue weighted by atomic mass is 32.2. The topological polar surface area (TPSA) is 98.2 Å². The van der Waals surface area contributed by atoms with Gasteiger partial charge >= 0.3 is 0 Å². The molecule has 2 atom stereocenters. The van der Waals surface area contributed by atoms with Crippen LogP contribution in [0.1, 0.15) is 32.6 Å². The minimum atomic E-state index is -3.75. The fourth-order valence-corrected chi connectivity index (χ4v) is 3.57. The minimum Gasteiger partial charge on any atom is -0.398 e. The van der Waals surface area contributed by atoms with Crippen LogP contribution in [0, 0.1) is 11.8 Å². The molecule has 0 aliphatic heterocycles. The number of primary sulfonamides is 1. The molecule has 112 valence electrons. The van der Waals surface area contributed by atoms with Crippen LogP contribution in [-0.2, 0) is 10.0 Å². The summed E-state index contributed by atoms with van der Waals surface area (Å²) in [6.07, 6.45) is 5.12. The van der Waals surface area contributed by atoms with Crippen molar-refractivity contribution in [2.75, 3.05) is 17.6 Å². The minimum absolute atomic E-state index is 0.0191. The smallest absolute Gasteiger partial charge is 0.240 e. The Bertz CT molecular complexity index is 572. The molecular formula is C14H23N3O2S. The Morgan fingerprint density at radius 3 is 2.70 bits per heavy atom. The third kappa shape index (κ3) is 3.86. The summed E-state index contributed by atoms with van der Waals surface area (Å²) < 4.78 is 22.6. The van der Waals surface area contributed by atoms with Crippen LogP contribution in [0.3, 0.4) is 0 Å². The van der Waals surface area contributed by atoms with Gasteiger partial charge in [-0.05, 0) is 42.9 Å². The molecule has 5 N–H and O–H groups in total. The molecule has 0 amide bonds. The molecule has 0 radical (unpaired) electrons. The SMILES string of the molecule is CC1CCCC(CNc2ccc(S(N)(=O)=O)c(N)c2)C1. The van der Waals surface area contributed by atoms with Crippen LogP contribution in [-0.4, -0.2) is 15.0 Å². The molecule has 20 heavy (non-hydrogen) atoms. The van der Waals surface area contributed by atoms with E-state index in [0.29, 0.717) is 5.92 Å². The highest BCUT2D eigenvalue weighted by Crippen LogP contribution is 2.29. The van der Waals surface area contributed by atoms with Gasteiger partial charge in [-0.15, -0.1) is 0 Å². The molecule has 0 spiro atoms. The van der Waals surface area contributed by atoms with Gasteiger partial charge in [0.2, 0.25) is 10.0 Å². The maximum atomic E-state index is 11.3. The van der Waals surface area contributed by atoms with Crippen LogP contribution >= 0.6 is 0 Å². The lowest BCUT2D eigenvalue weighted by Gasteiger charge is -2.27. The fourth-order valence-electron chi connectivity index (χ4n) is 2.92. The fraction of sp³-hybridized carbons (Fsp3) is 0.571. The Labute approximate surface area is 120 Å². The summed E-state index contributed by atoms with van der Waals surface area (Å²) in [6, 6.07) is 4.80. The Hall–Kier alpha value is -1.27. The van der Waals surface area contributed by atoms with Gasteiger partial charge in [-0.25, -0.2) is 13.6 Å². The molecule has 0 heterocycles.